The Morgan fingerprint density at radius 3 is 2.24 bits per heavy atom. The van der Waals surface area contributed by atoms with Gasteiger partial charge >= 0.3 is 0 Å². The van der Waals surface area contributed by atoms with Gasteiger partial charge in [-0.25, -0.2) is 4.99 Å². The summed E-state index contributed by atoms with van der Waals surface area (Å²) in [6, 6.07) is 11.2. The van der Waals surface area contributed by atoms with Gasteiger partial charge in [0.1, 0.15) is 0 Å². The van der Waals surface area contributed by atoms with E-state index in [-0.39, 0.29) is 5.91 Å². The normalized spacial score (nSPS) is 11.3. The van der Waals surface area contributed by atoms with E-state index in [0.29, 0.717) is 35.3 Å². The van der Waals surface area contributed by atoms with Crippen LogP contribution in [-0.2, 0) is 13.6 Å². The van der Waals surface area contributed by atoms with Gasteiger partial charge in [0, 0.05) is 35.6 Å². The van der Waals surface area contributed by atoms with Gasteiger partial charge in [-0.1, -0.05) is 17.2 Å². The Morgan fingerprint density at radius 1 is 1.00 bits per heavy atom. The Kier molecular flexibility index (Phi) is 7.37. The van der Waals surface area contributed by atoms with Crippen LogP contribution in [0.5, 0.6) is 11.5 Å². The largest absolute Gasteiger partial charge is 0.493 e. The van der Waals surface area contributed by atoms with E-state index in [2.05, 4.69) is 20.7 Å². The summed E-state index contributed by atoms with van der Waals surface area (Å²) in [6.07, 6.45) is 0. The maximum Gasteiger partial charge on any atom is 0.257 e. The number of carbonyl (C=O) groups excluding carboxylic acids is 1. The number of aromatic nitrogens is 2. The highest BCUT2D eigenvalue weighted by molar-refractivity contribution is 6.10. The van der Waals surface area contributed by atoms with Gasteiger partial charge in [-0.15, -0.1) is 0 Å². The van der Waals surface area contributed by atoms with Crippen molar-refractivity contribution in [2.24, 2.45) is 12.0 Å². The molecule has 0 fully saturated rings. The number of rotatable bonds is 6. The maximum atomic E-state index is 13.0. The summed E-state index contributed by atoms with van der Waals surface area (Å²) in [5.74, 6) is 1.27. The number of hydrogen-bond acceptors (Lipinski definition) is 5. The van der Waals surface area contributed by atoms with Crippen molar-refractivity contribution >= 4 is 17.6 Å². The van der Waals surface area contributed by atoms with E-state index in [9.17, 15) is 4.79 Å². The highest BCUT2D eigenvalue weighted by Gasteiger charge is 2.14. The molecule has 8 nitrogen and oxygen atoms in total. The number of guanidine groups is 1. The number of nitrogens with one attached hydrogen (secondary N) is 2. The second-order valence-corrected chi connectivity index (χ2v) is 7.96. The SMILES string of the molecule is COc1ccc(NC(=NCc2c(C)nn(C)c2C)NC(=O)c2cc(C)cc(C)c2)cc1OC. The number of benzene rings is 2. The molecule has 0 aliphatic carbocycles. The molecule has 0 radical (unpaired) electrons. The average Bonchev–Trinajstić information content (AvgIpc) is 3.02. The Hall–Kier alpha value is -3.81. The zero-order valence-corrected chi connectivity index (χ0v) is 20.2. The van der Waals surface area contributed by atoms with Gasteiger partial charge in [0.05, 0.1) is 26.5 Å². The van der Waals surface area contributed by atoms with Crippen molar-refractivity contribution in [3.63, 3.8) is 0 Å². The maximum absolute atomic E-state index is 13.0. The summed E-state index contributed by atoms with van der Waals surface area (Å²) in [6.45, 7) is 8.26. The van der Waals surface area contributed by atoms with E-state index in [1.165, 1.54) is 0 Å². The molecule has 33 heavy (non-hydrogen) atoms. The standard InChI is InChI=1S/C25H31N5O3/c1-15-10-16(2)12-19(11-15)24(31)28-25(26-14-21-17(3)29-30(5)18(21)4)27-20-8-9-22(32-6)23(13-20)33-7/h8-13H,14H2,1-7H3,(H2,26,27,28,31). The van der Waals surface area contributed by atoms with Crippen molar-refractivity contribution in [2.45, 2.75) is 34.2 Å². The van der Waals surface area contributed by atoms with Crippen molar-refractivity contribution in [1.82, 2.24) is 15.1 Å². The molecule has 0 spiro atoms. The minimum Gasteiger partial charge on any atom is -0.493 e. The molecule has 1 heterocycles. The first-order chi connectivity index (χ1) is 15.7. The molecule has 0 saturated carbocycles. The van der Waals surface area contributed by atoms with Gasteiger partial charge < -0.3 is 14.8 Å². The lowest BCUT2D eigenvalue weighted by Crippen LogP contribution is -2.36. The van der Waals surface area contributed by atoms with Crippen LogP contribution in [0.25, 0.3) is 0 Å². The second kappa shape index (κ2) is 10.2. The summed E-state index contributed by atoms with van der Waals surface area (Å²) < 4.78 is 12.5. The number of aryl methyl sites for hydroxylation is 4. The number of aliphatic imine (C=N–C) groups is 1. The minimum atomic E-state index is -0.242. The van der Waals surface area contributed by atoms with Crippen LogP contribution >= 0.6 is 0 Å². The second-order valence-electron chi connectivity index (χ2n) is 7.96. The lowest BCUT2D eigenvalue weighted by Gasteiger charge is -2.14. The molecule has 0 aliphatic rings. The summed E-state index contributed by atoms with van der Waals surface area (Å²) >= 11 is 0. The van der Waals surface area contributed by atoms with Crippen LogP contribution in [0.1, 0.15) is 38.4 Å². The Bertz CT molecular complexity index is 1180. The van der Waals surface area contributed by atoms with E-state index in [1.807, 2.05) is 63.7 Å². The molecule has 174 valence electrons. The molecule has 0 aliphatic heterocycles. The summed E-state index contributed by atoms with van der Waals surface area (Å²) in [4.78, 5) is 17.7. The van der Waals surface area contributed by atoms with Crippen LogP contribution in [0.4, 0.5) is 5.69 Å². The van der Waals surface area contributed by atoms with Gasteiger partial charge in [-0.3, -0.25) is 14.8 Å². The zero-order chi connectivity index (χ0) is 24.1. The molecule has 3 rings (SSSR count). The first-order valence-electron chi connectivity index (χ1n) is 10.6. The molecule has 2 N–H and O–H groups in total. The van der Waals surface area contributed by atoms with Crippen LogP contribution in [0, 0.1) is 27.7 Å². The highest BCUT2D eigenvalue weighted by Crippen LogP contribution is 2.29. The number of methoxy groups -OCH3 is 2. The summed E-state index contributed by atoms with van der Waals surface area (Å²) in [5, 5.41) is 10.6. The number of anilines is 1. The van der Waals surface area contributed by atoms with Crippen LogP contribution in [0.15, 0.2) is 41.4 Å². The van der Waals surface area contributed by atoms with Crippen molar-refractivity contribution in [2.75, 3.05) is 19.5 Å². The first kappa shape index (κ1) is 23.8. The predicted octanol–water partition coefficient (Wildman–Crippen LogP) is 4.07. The zero-order valence-electron chi connectivity index (χ0n) is 20.2. The molecular weight excluding hydrogens is 418 g/mol. The number of nitrogens with zero attached hydrogens (tertiary/aromatic N) is 3. The van der Waals surface area contributed by atoms with Gasteiger partial charge in [-0.2, -0.15) is 5.10 Å². The number of hydrogen-bond donors (Lipinski definition) is 2. The van der Waals surface area contributed by atoms with Crippen molar-refractivity contribution < 1.29 is 14.3 Å². The van der Waals surface area contributed by atoms with Crippen molar-refractivity contribution in [1.29, 1.82) is 0 Å². The summed E-state index contributed by atoms with van der Waals surface area (Å²) in [7, 11) is 5.06. The fourth-order valence-corrected chi connectivity index (χ4v) is 3.65. The molecule has 0 bridgehead atoms. The number of ether oxygens (including phenoxy) is 2. The lowest BCUT2D eigenvalue weighted by atomic mass is 10.1. The Balaban J connectivity index is 1.92. The molecule has 2 aromatic carbocycles. The van der Waals surface area contributed by atoms with Crippen LogP contribution in [0.2, 0.25) is 0 Å². The molecule has 0 atom stereocenters. The van der Waals surface area contributed by atoms with E-state index < -0.39 is 0 Å². The van der Waals surface area contributed by atoms with E-state index >= 15 is 0 Å². The predicted molar refractivity (Wildman–Crippen MR) is 130 cm³/mol. The lowest BCUT2D eigenvalue weighted by molar-refractivity contribution is 0.0976. The average molecular weight is 450 g/mol. The number of amides is 1. The Labute approximate surface area is 194 Å². The van der Waals surface area contributed by atoms with Gasteiger partial charge in [0.2, 0.25) is 5.96 Å². The Morgan fingerprint density at radius 2 is 1.67 bits per heavy atom. The van der Waals surface area contributed by atoms with Crippen molar-refractivity contribution in [3.8, 4) is 11.5 Å². The van der Waals surface area contributed by atoms with Crippen LogP contribution in [0.3, 0.4) is 0 Å². The third kappa shape index (κ3) is 5.71. The van der Waals surface area contributed by atoms with E-state index in [1.54, 1.807) is 26.4 Å². The number of carbonyl (C=O) groups is 1. The minimum absolute atomic E-state index is 0.242. The molecule has 0 unspecified atom stereocenters. The van der Waals surface area contributed by atoms with E-state index in [0.717, 1.165) is 28.1 Å². The van der Waals surface area contributed by atoms with E-state index in [4.69, 9.17) is 9.47 Å². The third-order valence-electron chi connectivity index (χ3n) is 5.42. The van der Waals surface area contributed by atoms with Gasteiger partial charge in [0.15, 0.2) is 11.5 Å². The summed E-state index contributed by atoms with van der Waals surface area (Å²) in [5.41, 5.74) is 6.27. The van der Waals surface area contributed by atoms with Gasteiger partial charge in [-0.05, 0) is 52.0 Å². The fraction of sp³-hybridized carbons (Fsp3) is 0.320. The van der Waals surface area contributed by atoms with Gasteiger partial charge in [0.25, 0.3) is 5.91 Å². The molecule has 8 heteroatoms. The molecule has 1 amide bonds. The molecule has 1 aromatic heterocycles. The smallest absolute Gasteiger partial charge is 0.257 e. The monoisotopic (exact) mass is 449 g/mol. The molecule has 3 aromatic rings. The first-order valence-corrected chi connectivity index (χ1v) is 10.6. The quantitative estimate of drug-likeness (QED) is 0.437. The molecule has 0 saturated heterocycles. The molecular formula is C25H31N5O3. The van der Waals surface area contributed by atoms with Crippen molar-refractivity contribution in [3.05, 3.63) is 70.0 Å². The fourth-order valence-electron chi connectivity index (χ4n) is 3.65. The topological polar surface area (TPSA) is 89.8 Å². The van der Waals surface area contributed by atoms with Crippen LogP contribution in [-0.4, -0.2) is 35.9 Å². The third-order valence-corrected chi connectivity index (χ3v) is 5.42. The van der Waals surface area contributed by atoms with Crippen LogP contribution < -0.4 is 20.1 Å². The highest BCUT2D eigenvalue weighted by atomic mass is 16.5.